The van der Waals surface area contributed by atoms with E-state index >= 15 is 0 Å². The molecular weight excluding hydrogens is 392 g/mol. The molecule has 0 unspecified atom stereocenters. The first kappa shape index (κ1) is 33.0. The molecule has 0 aliphatic rings. The highest BCUT2D eigenvalue weighted by molar-refractivity contribution is 5.67. The van der Waals surface area contributed by atoms with Crippen LogP contribution in [0, 0.1) is 11.8 Å². The highest BCUT2D eigenvalue weighted by atomic mass is 16.4. The second kappa shape index (κ2) is 22.0. The Balaban J connectivity index is -0.000000370. The number of rotatable bonds is 6. The monoisotopic (exact) mass is 434 g/mol. The summed E-state index contributed by atoms with van der Waals surface area (Å²) in [7, 11) is 0. The standard InChI is InChI=1S/2C9H10O2.2C4H10.H2O/c2*10-9(11)7-6-8-4-2-1-3-5-8;2*1-4(2)3;/h2*1-5H,6-7H2,(H,10,11);2*4H,1-3H3;1H2. The van der Waals surface area contributed by atoms with Crippen LogP contribution in [-0.4, -0.2) is 27.6 Å². The van der Waals surface area contributed by atoms with Crippen molar-refractivity contribution in [2.45, 2.75) is 67.2 Å². The van der Waals surface area contributed by atoms with Crippen LogP contribution in [0.25, 0.3) is 0 Å². The molecule has 2 rings (SSSR count). The average Bonchev–Trinajstić information content (AvgIpc) is 2.66. The number of benzene rings is 2. The number of carboxylic acids is 2. The van der Waals surface area contributed by atoms with Gasteiger partial charge in [0.05, 0.1) is 0 Å². The lowest BCUT2D eigenvalue weighted by Gasteiger charge is -1.95. The maximum Gasteiger partial charge on any atom is 0.303 e. The van der Waals surface area contributed by atoms with Gasteiger partial charge in [-0.15, -0.1) is 0 Å². The van der Waals surface area contributed by atoms with Crippen molar-refractivity contribution in [1.29, 1.82) is 0 Å². The van der Waals surface area contributed by atoms with Crippen LogP contribution in [0.2, 0.25) is 0 Å². The number of hydrogen-bond acceptors (Lipinski definition) is 2. The smallest absolute Gasteiger partial charge is 0.303 e. The summed E-state index contributed by atoms with van der Waals surface area (Å²) >= 11 is 0. The minimum Gasteiger partial charge on any atom is -0.481 e. The minimum absolute atomic E-state index is 0. The van der Waals surface area contributed by atoms with Gasteiger partial charge in [-0.05, 0) is 35.8 Å². The Hall–Kier alpha value is -2.66. The van der Waals surface area contributed by atoms with Crippen molar-refractivity contribution < 1.29 is 25.3 Å². The molecule has 0 saturated carbocycles. The van der Waals surface area contributed by atoms with E-state index in [4.69, 9.17) is 10.2 Å². The molecule has 0 atom stereocenters. The van der Waals surface area contributed by atoms with E-state index in [9.17, 15) is 9.59 Å². The molecule has 5 nitrogen and oxygen atoms in total. The molecule has 176 valence electrons. The van der Waals surface area contributed by atoms with E-state index in [1.807, 2.05) is 60.7 Å². The number of hydrogen-bond donors (Lipinski definition) is 2. The van der Waals surface area contributed by atoms with Gasteiger partial charge >= 0.3 is 11.9 Å². The molecule has 2 aromatic carbocycles. The number of carbonyl (C=O) groups is 2. The van der Waals surface area contributed by atoms with Crippen LogP contribution < -0.4 is 0 Å². The third-order valence-corrected chi connectivity index (χ3v) is 2.94. The lowest BCUT2D eigenvalue weighted by molar-refractivity contribution is -0.138. The summed E-state index contributed by atoms with van der Waals surface area (Å²) in [4.78, 5) is 20.3. The van der Waals surface area contributed by atoms with Crippen LogP contribution in [-0.2, 0) is 22.4 Å². The SMILES string of the molecule is CC(C)C.CC(C)C.O.O=C(O)CCc1ccccc1.O=C(O)CCc1ccccc1. The Bertz CT molecular complexity index is 587. The number of aryl methyl sites for hydroxylation is 2. The van der Waals surface area contributed by atoms with Crippen molar-refractivity contribution in [3.8, 4) is 0 Å². The molecule has 0 fully saturated rings. The van der Waals surface area contributed by atoms with Crippen molar-refractivity contribution in [3.63, 3.8) is 0 Å². The van der Waals surface area contributed by atoms with Gasteiger partial charge < -0.3 is 15.7 Å². The van der Waals surface area contributed by atoms with Gasteiger partial charge in [-0.25, -0.2) is 0 Å². The van der Waals surface area contributed by atoms with E-state index in [1.54, 1.807) is 0 Å². The highest BCUT2D eigenvalue weighted by Gasteiger charge is 1.97. The quantitative estimate of drug-likeness (QED) is 0.589. The Morgan fingerprint density at radius 2 is 0.839 bits per heavy atom. The Labute approximate surface area is 188 Å². The molecule has 0 saturated heterocycles. The molecule has 0 amide bonds. The first-order valence-corrected chi connectivity index (χ1v) is 10.6. The first-order valence-electron chi connectivity index (χ1n) is 10.6. The molecule has 5 heteroatoms. The highest BCUT2D eigenvalue weighted by Crippen LogP contribution is 2.02. The fraction of sp³-hybridized carbons (Fsp3) is 0.462. The normalized spacial score (nSPS) is 9.03. The molecule has 0 aliphatic carbocycles. The van der Waals surface area contributed by atoms with Gasteiger partial charge in [0, 0.05) is 12.8 Å². The molecule has 0 radical (unpaired) electrons. The topological polar surface area (TPSA) is 106 Å². The van der Waals surface area contributed by atoms with Crippen LogP contribution in [0.15, 0.2) is 60.7 Å². The van der Waals surface area contributed by atoms with Crippen LogP contribution in [0.3, 0.4) is 0 Å². The number of carboxylic acid groups (broad SMARTS) is 2. The maximum absolute atomic E-state index is 10.2. The second-order valence-electron chi connectivity index (χ2n) is 8.22. The van der Waals surface area contributed by atoms with Crippen molar-refractivity contribution in [1.82, 2.24) is 0 Å². The summed E-state index contributed by atoms with van der Waals surface area (Å²) in [6.07, 6.45) is 1.67. The lowest BCUT2D eigenvalue weighted by atomic mass is 10.1. The zero-order valence-electron chi connectivity index (χ0n) is 20.0. The summed E-state index contributed by atoms with van der Waals surface area (Å²) < 4.78 is 0. The third kappa shape index (κ3) is 32.2. The molecular formula is C26H42O5. The molecule has 0 heterocycles. The fourth-order valence-electron chi connectivity index (χ4n) is 1.79. The maximum atomic E-state index is 10.2. The molecule has 0 spiro atoms. The first-order chi connectivity index (χ1) is 14.0. The molecule has 0 bridgehead atoms. The van der Waals surface area contributed by atoms with Gasteiger partial charge in [-0.2, -0.15) is 0 Å². The Kier molecular flexibility index (Phi) is 23.4. The van der Waals surface area contributed by atoms with Crippen LogP contribution in [0.1, 0.15) is 65.5 Å². The largest absolute Gasteiger partial charge is 0.481 e. The lowest BCUT2D eigenvalue weighted by Crippen LogP contribution is -1.96. The van der Waals surface area contributed by atoms with E-state index in [2.05, 4.69) is 41.5 Å². The average molecular weight is 435 g/mol. The van der Waals surface area contributed by atoms with E-state index in [0.717, 1.165) is 23.0 Å². The van der Waals surface area contributed by atoms with Crippen molar-refractivity contribution in [2.24, 2.45) is 11.8 Å². The van der Waals surface area contributed by atoms with Gasteiger partial charge in [0.1, 0.15) is 0 Å². The summed E-state index contributed by atoms with van der Waals surface area (Å²) in [5, 5.41) is 16.7. The van der Waals surface area contributed by atoms with Gasteiger partial charge in [-0.3, -0.25) is 9.59 Å². The Morgan fingerprint density at radius 1 is 0.613 bits per heavy atom. The molecule has 4 N–H and O–H groups in total. The summed E-state index contributed by atoms with van der Waals surface area (Å²) in [6.45, 7) is 13.0. The van der Waals surface area contributed by atoms with Gasteiger partial charge in [0.25, 0.3) is 0 Å². The molecule has 0 aromatic heterocycles. The third-order valence-electron chi connectivity index (χ3n) is 2.94. The van der Waals surface area contributed by atoms with E-state index in [0.29, 0.717) is 12.8 Å². The second-order valence-corrected chi connectivity index (χ2v) is 8.22. The summed E-state index contributed by atoms with van der Waals surface area (Å²) in [6, 6.07) is 19.2. The van der Waals surface area contributed by atoms with Crippen LogP contribution >= 0.6 is 0 Å². The zero-order chi connectivity index (χ0) is 23.4. The van der Waals surface area contributed by atoms with Gasteiger partial charge in [-0.1, -0.05) is 102 Å². The van der Waals surface area contributed by atoms with E-state index in [-0.39, 0.29) is 18.3 Å². The van der Waals surface area contributed by atoms with Crippen molar-refractivity contribution >= 4 is 11.9 Å². The minimum atomic E-state index is -0.742. The van der Waals surface area contributed by atoms with Crippen LogP contribution in [0.5, 0.6) is 0 Å². The molecule has 0 aliphatic heterocycles. The van der Waals surface area contributed by atoms with E-state index < -0.39 is 11.9 Å². The van der Waals surface area contributed by atoms with Crippen LogP contribution in [0.4, 0.5) is 0 Å². The summed E-state index contributed by atoms with van der Waals surface area (Å²) in [5.41, 5.74) is 2.16. The van der Waals surface area contributed by atoms with Gasteiger partial charge in [0.2, 0.25) is 0 Å². The Morgan fingerprint density at radius 3 is 1.03 bits per heavy atom. The molecule has 31 heavy (non-hydrogen) atoms. The van der Waals surface area contributed by atoms with Crippen molar-refractivity contribution in [3.05, 3.63) is 71.8 Å². The predicted molar refractivity (Wildman–Crippen MR) is 129 cm³/mol. The van der Waals surface area contributed by atoms with Gasteiger partial charge in [0.15, 0.2) is 0 Å². The zero-order valence-corrected chi connectivity index (χ0v) is 20.0. The summed E-state index contributed by atoms with van der Waals surface area (Å²) in [5.74, 6) is 0.183. The molecule has 2 aromatic rings. The van der Waals surface area contributed by atoms with E-state index in [1.165, 1.54) is 0 Å². The predicted octanol–water partition coefficient (Wildman–Crippen LogP) is 5.91. The number of aliphatic carboxylic acids is 2. The fourth-order valence-corrected chi connectivity index (χ4v) is 1.79. The van der Waals surface area contributed by atoms with Crippen molar-refractivity contribution in [2.75, 3.05) is 0 Å².